The summed E-state index contributed by atoms with van der Waals surface area (Å²) in [5, 5.41) is 10.5. The highest BCUT2D eigenvalue weighted by Crippen LogP contribution is 2.22. The van der Waals surface area contributed by atoms with Crippen molar-refractivity contribution in [2.75, 3.05) is 26.2 Å². The second kappa shape index (κ2) is 6.87. The number of hydrogen-bond acceptors (Lipinski definition) is 5. The summed E-state index contributed by atoms with van der Waals surface area (Å²) in [6.45, 7) is 5.49. The van der Waals surface area contributed by atoms with Crippen molar-refractivity contribution in [2.45, 2.75) is 24.7 Å². The van der Waals surface area contributed by atoms with Gasteiger partial charge in [-0.1, -0.05) is 6.92 Å². The molecule has 1 fully saturated rings. The number of nitrogens with one attached hydrogen (secondary N) is 1. The third-order valence-electron chi connectivity index (χ3n) is 3.83. The zero-order valence-corrected chi connectivity index (χ0v) is 13.5. The largest absolute Gasteiger partial charge is 0.477 e. The molecule has 0 amide bonds. The van der Waals surface area contributed by atoms with Gasteiger partial charge in [-0.3, -0.25) is 0 Å². The van der Waals surface area contributed by atoms with Crippen LogP contribution in [0.3, 0.4) is 0 Å². The van der Waals surface area contributed by atoms with Gasteiger partial charge < -0.3 is 10.0 Å². The number of carboxylic acids is 1. The molecule has 1 aliphatic heterocycles. The maximum absolute atomic E-state index is 12.2. The molecular weight excluding hydrogens is 312 g/mol. The number of thiophene rings is 1. The maximum atomic E-state index is 12.2. The molecule has 1 saturated heterocycles. The molecule has 0 spiro atoms. The minimum absolute atomic E-state index is 0.133. The summed E-state index contributed by atoms with van der Waals surface area (Å²) < 4.78 is 27.0. The molecule has 2 heterocycles. The van der Waals surface area contributed by atoms with Crippen LogP contribution >= 0.6 is 11.3 Å². The predicted octanol–water partition coefficient (Wildman–Crippen LogP) is 1.46. The van der Waals surface area contributed by atoms with Crippen molar-refractivity contribution in [1.82, 2.24) is 9.62 Å². The van der Waals surface area contributed by atoms with Gasteiger partial charge in [-0.05, 0) is 49.8 Å². The normalized spacial score (nSPS) is 18.0. The summed E-state index contributed by atoms with van der Waals surface area (Å²) in [6.07, 6.45) is 1.93. The molecule has 0 aliphatic carbocycles. The Morgan fingerprint density at radius 1 is 1.48 bits per heavy atom. The Balaban J connectivity index is 1.96. The van der Waals surface area contributed by atoms with E-state index < -0.39 is 16.0 Å². The Morgan fingerprint density at radius 3 is 2.71 bits per heavy atom. The molecule has 0 radical (unpaired) electrons. The molecular formula is C13H20N2O4S2. The SMILES string of the molecule is CCN1CCC(CNS(=O)(=O)c2ccsc2C(=O)O)CC1. The molecule has 2 rings (SSSR count). The van der Waals surface area contributed by atoms with Crippen LogP contribution in [0.15, 0.2) is 16.3 Å². The van der Waals surface area contributed by atoms with Crippen molar-refractivity contribution in [1.29, 1.82) is 0 Å². The molecule has 1 aliphatic rings. The highest BCUT2D eigenvalue weighted by molar-refractivity contribution is 7.89. The van der Waals surface area contributed by atoms with E-state index in [4.69, 9.17) is 5.11 Å². The van der Waals surface area contributed by atoms with Gasteiger partial charge in [0.05, 0.1) is 0 Å². The van der Waals surface area contributed by atoms with E-state index in [0.29, 0.717) is 12.5 Å². The molecule has 8 heteroatoms. The first-order valence-corrected chi connectivity index (χ1v) is 9.33. The second-order valence-corrected chi connectivity index (χ2v) is 7.80. The lowest BCUT2D eigenvalue weighted by atomic mass is 9.97. The first-order chi connectivity index (χ1) is 9.94. The average Bonchev–Trinajstić information content (AvgIpc) is 2.96. The number of rotatable bonds is 6. The van der Waals surface area contributed by atoms with Gasteiger partial charge in [-0.15, -0.1) is 11.3 Å². The number of carboxylic acid groups (broad SMARTS) is 1. The van der Waals surface area contributed by atoms with Crippen LogP contribution in [-0.2, 0) is 10.0 Å². The van der Waals surface area contributed by atoms with Crippen LogP contribution in [0.1, 0.15) is 29.4 Å². The van der Waals surface area contributed by atoms with Gasteiger partial charge in [0.1, 0.15) is 9.77 Å². The number of carbonyl (C=O) groups is 1. The Kier molecular flexibility index (Phi) is 5.37. The fourth-order valence-corrected chi connectivity index (χ4v) is 4.85. The summed E-state index contributed by atoms with van der Waals surface area (Å²) >= 11 is 0.924. The fraction of sp³-hybridized carbons (Fsp3) is 0.615. The second-order valence-electron chi connectivity index (χ2n) is 5.15. The zero-order valence-electron chi connectivity index (χ0n) is 11.9. The summed E-state index contributed by atoms with van der Waals surface area (Å²) in [7, 11) is -3.75. The number of aromatic carboxylic acids is 1. The fourth-order valence-electron chi connectivity index (χ4n) is 2.48. The molecule has 0 aromatic carbocycles. The Labute approximate surface area is 128 Å². The minimum Gasteiger partial charge on any atom is -0.477 e. The third kappa shape index (κ3) is 4.03. The quantitative estimate of drug-likeness (QED) is 0.823. The van der Waals surface area contributed by atoms with Gasteiger partial charge in [-0.2, -0.15) is 0 Å². The van der Waals surface area contributed by atoms with Gasteiger partial charge >= 0.3 is 5.97 Å². The van der Waals surface area contributed by atoms with Gasteiger partial charge in [-0.25, -0.2) is 17.9 Å². The predicted molar refractivity (Wildman–Crippen MR) is 81.3 cm³/mol. The smallest absolute Gasteiger partial charge is 0.347 e. The van der Waals surface area contributed by atoms with Crippen LogP contribution in [0.5, 0.6) is 0 Å². The van der Waals surface area contributed by atoms with Crippen LogP contribution < -0.4 is 4.72 Å². The lowest BCUT2D eigenvalue weighted by Gasteiger charge is -2.30. The molecule has 1 aromatic rings. The van der Waals surface area contributed by atoms with Gasteiger partial charge in [0.15, 0.2) is 0 Å². The number of sulfonamides is 1. The van der Waals surface area contributed by atoms with Crippen LogP contribution in [0.25, 0.3) is 0 Å². The molecule has 0 unspecified atom stereocenters. The molecule has 118 valence electrons. The Morgan fingerprint density at radius 2 is 2.14 bits per heavy atom. The third-order valence-corrected chi connectivity index (χ3v) is 6.33. The maximum Gasteiger partial charge on any atom is 0.347 e. The van der Waals surface area contributed by atoms with Crippen molar-refractivity contribution in [3.8, 4) is 0 Å². The number of likely N-dealkylation sites (tertiary alicyclic amines) is 1. The molecule has 6 nitrogen and oxygen atoms in total. The Hall–Kier alpha value is -0.960. The summed E-state index contributed by atoms with van der Waals surface area (Å²) in [6, 6.07) is 1.34. The van der Waals surface area contributed by atoms with Crippen molar-refractivity contribution in [3.05, 3.63) is 16.3 Å². The standard InChI is InChI=1S/C13H20N2O4S2/c1-2-15-6-3-10(4-7-15)9-14-21(18,19)11-5-8-20-12(11)13(16)17/h5,8,10,14H,2-4,6-7,9H2,1H3,(H,16,17). The first-order valence-electron chi connectivity index (χ1n) is 6.97. The van der Waals surface area contributed by atoms with Crippen LogP contribution in [0, 0.1) is 5.92 Å². The number of nitrogens with zero attached hydrogens (tertiary/aromatic N) is 1. The van der Waals surface area contributed by atoms with E-state index in [1.54, 1.807) is 0 Å². The van der Waals surface area contributed by atoms with Gasteiger partial charge in [0, 0.05) is 6.54 Å². The van der Waals surface area contributed by atoms with Gasteiger partial charge in [0.25, 0.3) is 0 Å². The lowest BCUT2D eigenvalue weighted by Crippen LogP contribution is -2.38. The molecule has 2 N–H and O–H groups in total. The summed E-state index contributed by atoms with van der Waals surface area (Å²) in [4.78, 5) is 13.1. The van der Waals surface area contributed by atoms with E-state index in [-0.39, 0.29) is 9.77 Å². The van der Waals surface area contributed by atoms with Crippen molar-refractivity contribution in [2.24, 2.45) is 5.92 Å². The average molecular weight is 332 g/mol. The zero-order chi connectivity index (χ0) is 15.5. The lowest BCUT2D eigenvalue weighted by molar-refractivity contribution is 0.0698. The van der Waals surface area contributed by atoms with Crippen molar-refractivity contribution >= 4 is 27.3 Å². The van der Waals surface area contributed by atoms with E-state index in [0.717, 1.165) is 43.8 Å². The van der Waals surface area contributed by atoms with Crippen LogP contribution in [-0.4, -0.2) is 50.6 Å². The van der Waals surface area contributed by atoms with E-state index in [1.807, 2.05) is 0 Å². The van der Waals surface area contributed by atoms with Crippen molar-refractivity contribution in [3.63, 3.8) is 0 Å². The molecule has 0 saturated carbocycles. The van der Waals surface area contributed by atoms with E-state index in [9.17, 15) is 13.2 Å². The topological polar surface area (TPSA) is 86.7 Å². The van der Waals surface area contributed by atoms with E-state index in [2.05, 4.69) is 16.5 Å². The number of hydrogen-bond donors (Lipinski definition) is 2. The van der Waals surface area contributed by atoms with Gasteiger partial charge in [0.2, 0.25) is 10.0 Å². The number of piperidine rings is 1. The van der Waals surface area contributed by atoms with E-state index in [1.165, 1.54) is 11.4 Å². The molecule has 21 heavy (non-hydrogen) atoms. The monoisotopic (exact) mass is 332 g/mol. The molecule has 0 bridgehead atoms. The summed E-state index contributed by atoms with van der Waals surface area (Å²) in [5.74, 6) is -0.892. The summed E-state index contributed by atoms with van der Waals surface area (Å²) in [5.41, 5.74) is 0. The van der Waals surface area contributed by atoms with Crippen LogP contribution in [0.2, 0.25) is 0 Å². The molecule has 0 atom stereocenters. The minimum atomic E-state index is -3.75. The molecule has 1 aromatic heterocycles. The highest BCUT2D eigenvalue weighted by atomic mass is 32.2. The van der Waals surface area contributed by atoms with Crippen LogP contribution in [0.4, 0.5) is 0 Å². The van der Waals surface area contributed by atoms with E-state index >= 15 is 0 Å². The first kappa shape index (κ1) is 16.4. The van der Waals surface area contributed by atoms with Crippen molar-refractivity contribution < 1.29 is 18.3 Å². The Bertz CT molecular complexity index is 589. The highest BCUT2D eigenvalue weighted by Gasteiger charge is 2.25.